The largest absolute Gasteiger partial charge is 0.313 e. The van der Waals surface area contributed by atoms with Gasteiger partial charge in [-0.25, -0.2) is 0 Å². The Morgan fingerprint density at radius 2 is 1.95 bits per heavy atom. The van der Waals surface area contributed by atoms with Gasteiger partial charge >= 0.3 is 0 Å². The number of hydrogen-bond acceptors (Lipinski definition) is 2. The smallest absolute Gasteiger partial charge is 0.0331 e. The maximum absolute atomic E-state index is 3.52. The van der Waals surface area contributed by atoms with Crippen LogP contribution in [0.2, 0.25) is 0 Å². The van der Waals surface area contributed by atoms with E-state index in [9.17, 15) is 0 Å². The van der Waals surface area contributed by atoms with Crippen LogP contribution in [0.3, 0.4) is 0 Å². The van der Waals surface area contributed by atoms with Crippen LogP contribution in [-0.2, 0) is 0 Å². The normalized spacial score (nSPS) is 14.3. The first-order chi connectivity index (χ1) is 9.26. The fraction of sp³-hybridized carbons (Fsp3) is 0.647. The van der Waals surface area contributed by atoms with Crippen molar-refractivity contribution in [3.05, 3.63) is 29.8 Å². The molecule has 0 heterocycles. The van der Waals surface area contributed by atoms with Crippen molar-refractivity contribution in [1.82, 2.24) is 5.32 Å². The van der Waals surface area contributed by atoms with Crippen molar-refractivity contribution in [2.75, 3.05) is 13.3 Å². The van der Waals surface area contributed by atoms with Crippen molar-refractivity contribution in [3.8, 4) is 0 Å². The molecule has 0 saturated heterocycles. The summed E-state index contributed by atoms with van der Waals surface area (Å²) in [6, 6.07) is 9.30. The van der Waals surface area contributed by atoms with Crippen LogP contribution in [0.5, 0.6) is 0 Å². The Morgan fingerprint density at radius 1 is 1.21 bits per heavy atom. The molecule has 0 radical (unpaired) electrons. The second-order valence-corrected chi connectivity index (χ2v) is 6.08. The molecule has 1 aromatic rings. The van der Waals surface area contributed by atoms with Gasteiger partial charge in [0, 0.05) is 10.9 Å². The lowest BCUT2D eigenvalue weighted by atomic mass is 9.89. The monoisotopic (exact) mass is 279 g/mol. The van der Waals surface area contributed by atoms with Gasteiger partial charge in [0.25, 0.3) is 0 Å². The third-order valence-electron chi connectivity index (χ3n) is 3.98. The van der Waals surface area contributed by atoms with E-state index in [1.165, 1.54) is 42.6 Å². The maximum Gasteiger partial charge on any atom is 0.0331 e. The fourth-order valence-corrected chi connectivity index (χ4v) is 3.33. The van der Waals surface area contributed by atoms with Crippen LogP contribution >= 0.6 is 11.8 Å². The number of thioether (sulfide) groups is 1. The summed E-state index contributed by atoms with van der Waals surface area (Å²) in [5, 5.41) is 3.52. The van der Waals surface area contributed by atoms with Gasteiger partial charge in [0.2, 0.25) is 0 Å². The number of hydrogen-bond donors (Lipinski definition) is 1. The Bertz CT molecular complexity index is 351. The van der Waals surface area contributed by atoms with Gasteiger partial charge in [0.15, 0.2) is 0 Å². The van der Waals surface area contributed by atoms with Crippen LogP contribution in [0.15, 0.2) is 29.2 Å². The lowest BCUT2D eigenvalue weighted by Crippen LogP contribution is -2.20. The van der Waals surface area contributed by atoms with Crippen LogP contribution in [0, 0.1) is 5.92 Å². The minimum atomic E-state index is 0.491. The average molecular weight is 279 g/mol. The van der Waals surface area contributed by atoms with Crippen LogP contribution in [-0.4, -0.2) is 13.3 Å². The number of nitrogens with one attached hydrogen (secondary N) is 1. The summed E-state index contributed by atoms with van der Waals surface area (Å²) in [5.74, 6) is 0.840. The van der Waals surface area contributed by atoms with Crippen molar-refractivity contribution in [2.24, 2.45) is 5.92 Å². The van der Waals surface area contributed by atoms with Crippen molar-refractivity contribution < 1.29 is 0 Å². The highest BCUT2D eigenvalue weighted by atomic mass is 32.2. The van der Waals surface area contributed by atoms with Gasteiger partial charge in [-0.2, -0.15) is 0 Å². The van der Waals surface area contributed by atoms with Crippen molar-refractivity contribution >= 4 is 11.8 Å². The summed E-state index contributed by atoms with van der Waals surface area (Å²) >= 11 is 1.85. The molecule has 1 aromatic carbocycles. The van der Waals surface area contributed by atoms with Crippen molar-refractivity contribution in [1.29, 1.82) is 0 Å². The second-order valence-electron chi connectivity index (χ2n) is 5.24. The Kier molecular flexibility index (Phi) is 8.24. The molecular weight excluding hydrogens is 250 g/mol. The minimum absolute atomic E-state index is 0.491. The highest BCUT2D eigenvalue weighted by Crippen LogP contribution is 2.31. The summed E-state index contributed by atoms with van der Waals surface area (Å²) in [5.41, 5.74) is 1.47. The fourth-order valence-electron chi connectivity index (χ4n) is 2.67. The molecule has 0 amide bonds. The van der Waals surface area contributed by atoms with Gasteiger partial charge in [-0.15, -0.1) is 11.8 Å². The van der Waals surface area contributed by atoms with E-state index in [4.69, 9.17) is 0 Å². The molecule has 2 heteroatoms. The third-order valence-corrected chi connectivity index (χ3v) is 4.79. The van der Waals surface area contributed by atoms with Gasteiger partial charge in [-0.3, -0.25) is 0 Å². The first-order valence-electron chi connectivity index (χ1n) is 7.56. The molecule has 19 heavy (non-hydrogen) atoms. The van der Waals surface area contributed by atoms with Crippen molar-refractivity contribution in [3.63, 3.8) is 0 Å². The minimum Gasteiger partial charge on any atom is -0.313 e. The average Bonchev–Trinajstić information content (AvgIpc) is 2.47. The maximum atomic E-state index is 3.52. The molecule has 1 rings (SSSR count). The van der Waals surface area contributed by atoms with Gasteiger partial charge in [-0.05, 0) is 37.3 Å². The zero-order valence-electron chi connectivity index (χ0n) is 12.9. The highest BCUT2D eigenvalue weighted by Gasteiger charge is 2.17. The van der Waals surface area contributed by atoms with Gasteiger partial charge in [0.1, 0.15) is 0 Å². The van der Waals surface area contributed by atoms with E-state index < -0.39 is 0 Å². The van der Waals surface area contributed by atoms with E-state index in [0.29, 0.717) is 6.04 Å². The standard InChI is InChI=1S/C17H29NS/c1-5-7-10-14(6-2)13-16(18-3)15-11-8-9-12-17(15)19-4/h8-9,11-12,14,16,18H,5-7,10,13H2,1-4H3. The zero-order valence-corrected chi connectivity index (χ0v) is 13.7. The molecule has 0 aliphatic rings. The molecule has 0 saturated carbocycles. The Labute approximate surface area is 123 Å². The molecule has 0 spiro atoms. The number of benzene rings is 1. The molecule has 0 aliphatic heterocycles. The molecule has 1 N–H and O–H groups in total. The predicted octanol–water partition coefficient (Wildman–Crippen LogP) is 5.28. The van der Waals surface area contributed by atoms with E-state index in [2.05, 4.69) is 56.7 Å². The van der Waals surface area contributed by atoms with E-state index in [0.717, 1.165) is 5.92 Å². The summed E-state index contributed by atoms with van der Waals surface area (Å²) in [6.45, 7) is 4.61. The topological polar surface area (TPSA) is 12.0 Å². The molecule has 108 valence electrons. The third kappa shape index (κ3) is 5.19. The lowest BCUT2D eigenvalue weighted by Gasteiger charge is -2.24. The zero-order chi connectivity index (χ0) is 14.1. The molecule has 0 aliphatic carbocycles. The summed E-state index contributed by atoms with van der Waals surface area (Å²) in [7, 11) is 2.09. The number of rotatable bonds is 9. The quantitative estimate of drug-likeness (QED) is 0.618. The molecular formula is C17H29NS. The second kappa shape index (κ2) is 9.44. The van der Waals surface area contributed by atoms with Crippen molar-refractivity contribution in [2.45, 2.75) is 56.9 Å². The first-order valence-corrected chi connectivity index (χ1v) is 8.79. The summed E-state index contributed by atoms with van der Waals surface area (Å²) in [6.07, 6.45) is 8.75. The Hall–Kier alpha value is -0.470. The van der Waals surface area contributed by atoms with Gasteiger partial charge in [-0.1, -0.05) is 57.7 Å². The van der Waals surface area contributed by atoms with Gasteiger partial charge in [0.05, 0.1) is 0 Å². The molecule has 1 nitrogen and oxygen atoms in total. The Morgan fingerprint density at radius 3 is 2.53 bits per heavy atom. The van der Waals surface area contributed by atoms with E-state index >= 15 is 0 Å². The molecule has 2 atom stereocenters. The molecule has 2 unspecified atom stereocenters. The number of unbranched alkanes of at least 4 members (excludes halogenated alkanes) is 1. The molecule has 0 bridgehead atoms. The van der Waals surface area contributed by atoms with Crippen LogP contribution in [0.1, 0.15) is 57.6 Å². The summed E-state index contributed by atoms with van der Waals surface area (Å²) < 4.78 is 0. The summed E-state index contributed by atoms with van der Waals surface area (Å²) in [4.78, 5) is 1.41. The predicted molar refractivity (Wildman–Crippen MR) is 87.9 cm³/mol. The Balaban J connectivity index is 2.75. The van der Waals surface area contributed by atoms with E-state index in [1.54, 1.807) is 0 Å². The first kappa shape index (κ1) is 16.6. The highest BCUT2D eigenvalue weighted by molar-refractivity contribution is 7.98. The van der Waals surface area contributed by atoms with Crippen LogP contribution in [0.25, 0.3) is 0 Å². The molecule has 0 aromatic heterocycles. The van der Waals surface area contributed by atoms with E-state index in [-0.39, 0.29) is 0 Å². The lowest BCUT2D eigenvalue weighted by molar-refractivity contribution is 0.363. The van der Waals surface area contributed by atoms with Gasteiger partial charge < -0.3 is 5.32 Å². The SMILES string of the molecule is CCCCC(CC)CC(NC)c1ccccc1SC. The van der Waals surface area contributed by atoms with E-state index in [1.807, 2.05) is 11.8 Å². The molecule has 0 fully saturated rings. The van der Waals surface area contributed by atoms with Crippen LogP contribution < -0.4 is 5.32 Å². The van der Waals surface area contributed by atoms with Crippen LogP contribution in [0.4, 0.5) is 0 Å².